The van der Waals surface area contributed by atoms with Crippen molar-refractivity contribution in [3.8, 4) is 5.88 Å². The van der Waals surface area contributed by atoms with Gasteiger partial charge in [0.15, 0.2) is 0 Å². The molecule has 2 rings (SSSR count). The molecule has 0 atom stereocenters. The van der Waals surface area contributed by atoms with E-state index in [2.05, 4.69) is 4.98 Å². The fourth-order valence-electron chi connectivity index (χ4n) is 0.920. The SMILES string of the molecule is O.O[CH2][K].c1ccc(OCC2CC2)nc1. The molecule has 80 valence electrons. The van der Waals surface area contributed by atoms with Crippen molar-refractivity contribution in [3.63, 3.8) is 0 Å². The predicted molar refractivity (Wildman–Crippen MR) is 58.9 cm³/mol. The van der Waals surface area contributed by atoms with Gasteiger partial charge in [0.05, 0.1) is 6.61 Å². The topological polar surface area (TPSA) is 73.9 Å². The zero-order valence-electron chi connectivity index (χ0n) is 9.02. The summed E-state index contributed by atoms with van der Waals surface area (Å²) in [7, 11) is 0. The minimum absolute atomic E-state index is 0. The monoisotopic (exact) mass is 237 g/mol. The molecule has 0 amide bonds. The van der Waals surface area contributed by atoms with Gasteiger partial charge in [-0.05, 0) is 24.8 Å². The molecule has 1 aromatic heterocycles. The summed E-state index contributed by atoms with van der Waals surface area (Å²) in [6.07, 6.45) is 4.40. The molecular formula is C10H16KNO3. The van der Waals surface area contributed by atoms with Gasteiger partial charge in [-0.25, -0.2) is 4.98 Å². The molecule has 0 bridgehead atoms. The first-order chi connectivity index (χ1) is 6.86. The van der Waals surface area contributed by atoms with Crippen LogP contribution in [0.15, 0.2) is 24.4 Å². The second-order valence-electron chi connectivity index (χ2n) is 3.24. The summed E-state index contributed by atoms with van der Waals surface area (Å²) in [6, 6.07) is 5.72. The molecule has 1 fully saturated rings. The number of aromatic nitrogens is 1. The van der Waals surface area contributed by atoms with Crippen LogP contribution in [0.3, 0.4) is 0 Å². The molecule has 3 N–H and O–H groups in total. The molecular weight excluding hydrogens is 221 g/mol. The van der Waals surface area contributed by atoms with Gasteiger partial charge in [0.25, 0.3) is 0 Å². The maximum Gasteiger partial charge on any atom is 0.213 e. The molecule has 1 aliphatic carbocycles. The molecule has 0 aliphatic heterocycles. The van der Waals surface area contributed by atoms with Crippen LogP contribution >= 0.6 is 0 Å². The van der Waals surface area contributed by atoms with E-state index in [1.54, 1.807) is 6.20 Å². The van der Waals surface area contributed by atoms with Crippen molar-refractivity contribution in [1.29, 1.82) is 0 Å². The average Bonchev–Trinajstić information content (AvgIpc) is 3.01. The fraction of sp³-hybridized carbons (Fsp3) is 0.500. The van der Waals surface area contributed by atoms with Gasteiger partial charge in [-0.2, -0.15) is 0 Å². The van der Waals surface area contributed by atoms with E-state index in [9.17, 15) is 0 Å². The molecule has 1 aromatic rings. The van der Waals surface area contributed by atoms with Crippen molar-refractivity contribution in [2.45, 2.75) is 12.8 Å². The molecule has 1 aliphatic rings. The maximum atomic E-state index is 7.65. The number of hydrogen-bond donors (Lipinski definition) is 1. The summed E-state index contributed by atoms with van der Waals surface area (Å²) < 4.78 is 5.86. The van der Waals surface area contributed by atoms with Gasteiger partial charge in [-0.1, -0.05) is 6.07 Å². The number of rotatable bonds is 3. The van der Waals surface area contributed by atoms with Crippen molar-refractivity contribution >= 4 is 49.0 Å². The van der Waals surface area contributed by atoms with Crippen LogP contribution in [0.2, 0.25) is 0 Å². The van der Waals surface area contributed by atoms with Gasteiger partial charge in [-0.3, -0.25) is 0 Å². The molecule has 1 saturated carbocycles. The first-order valence-corrected chi connectivity index (χ1v) is 7.22. The zero-order chi connectivity index (χ0) is 10.2. The second kappa shape index (κ2) is 9.71. The third-order valence-electron chi connectivity index (χ3n) is 1.80. The molecule has 0 saturated heterocycles. The second-order valence-corrected chi connectivity index (χ2v) is 4.23. The van der Waals surface area contributed by atoms with Gasteiger partial charge < -0.3 is 10.2 Å². The third-order valence-corrected chi connectivity index (χ3v) is 1.80. The Morgan fingerprint density at radius 2 is 2.13 bits per heavy atom. The smallest absolute Gasteiger partial charge is 0.213 e. The Balaban J connectivity index is 0.000000443. The molecule has 0 unspecified atom stereocenters. The number of nitrogens with zero attached hydrogens (tertiary/aromatic N) is 1. The minimum Gasteiger partial charge on any atom is -0.477 e. The van der Waals surface area contributed by atoms with Crippen LogP contribution in [-0.4, -0.2) is 71.8 Å². The molecule has 0 aromatic carbocycles. The van der Waals surface area contributed by atoms with Crippen molar-refractivity contribution in [3.05, 3.63) is 24.4 Å². The Hall–Kier alpha value is 0.506. The minimum atomic E-state index is 0. The summed E-state index contributed by atoms with van der Waals surface area (Å²) in [5, 5.41) is 7.65. The van der Waals surface area contributed by atoms with Crippen LogP contribution in [0.4, 0.5) is 0 Å². The molecule has 0 spiro atoms. The first kappa shape index (κ1) is 15.5. The molecule has 0 radical (unpaired) electrons. The molecule has 5 heteroatoms. The van der Waals surface area contributed by atoms with Gasteiger partial charge in [-0.15, -0.1) is 0 Å². The van der Waals surface area contributed by atoms with Crippen molar-refractivity contribution in [1.82, 2.24) is 4.98 Å². The van der Waals surface area contributed by atoms with Crippen LogP contribution in [-0.2, 0) is 0 Å². The van der Waals surface area contributed by atoms with Crippen LogP contribution in [0.5, 0.6) is 5.88 Å². The van der Waals surface area contributed by atoms with E-state index >= 15 is 0 Å². The zero-order valence-corrected chi connectivity index (χ0v) is 12.1. The molecule has 4 nitrogen and oxygen atoms in total. The van der Waals surface area contributed by atoms with Crippen molar-refractivity contribution in [2.75, 3.05) is 7.31 Å². The Kier molecular flexibility index (Phi) is 10.0. The van der Waals surface area contributed by atoms with Crippen LogP contribution in [0.25, 0.3) is 0 Å². The predicted octanol–water partition coefficient (Wildman–Crippen LogP) is 0.150. The average molecular weight is 237 g/mol. The standard InChI is InChI=1S/C9H11NO.CH3O.K.H2O/c1-2-6-10-9(3-1)11-7-8-4-5-8;1-2;;/h1-3,6,8H,4-5,7H2;2H,1H2;;1H2. The maximum absolute atomic E-state index is 7.65. The van der Waals surface area contributed by atoms with Crippen LogP contribution in [0, 0.1) is 5.92 Å². The Labute approximate surface area is 124 Å². The van der Waals surface area contributed by atoms with E-state index in [0.717, 1.165) is 18.4 Å². The van der Waals surface area contributed by atoms with E-state index in [1.807, 2.05) is 18.2 Å². The summed E-state index contributed by atoms with van der Waals surface area (Å²) in [6.45, 7) is 0.844. The van der Waals surface area contributed by atoms with Gasteiger partial charge in [0.2, 0.25) is 5.88 Å². The number of aliphatic hydroxyl groups is 1. The van der Waals surface area contributed by atoms with Crippen molar-refractivity contribution < 1.29 is 15.3 Å². The third kappa shape index (κ3) is 8.33. The number of aliphatic hydroxyl groups excluding tert-OH is 1. The Bertz CT molecular complexity index is 242. The summed E-state index contributed by atoms with van der Waals surface area (Å²) in [5.74, 6) is 1.55. The van der Waals surface area contributed by atoms with E-state index < -0.39 is 0 Å². The molecule has 1 heterocycles. The number of pyridine rings is 1. The Morgan fingerprint density at radius 3 is 2.60 bits per heavy atom. The van der Waals surface area contributed by atoms with Crippen LogP contribution in [0.1, 0.15) is 12.8 Å². The van der Waals surface area contributed by atoms with E-state index in [-0.39, 0.29) is 5.48 Å². The number of ether oxygens (including phenoxy) is 1. The van der Waals surface area contributed by atoms with E-state index in [4.69, 9.17) is 9.84 Å². The summed E-state index contributed by atoms with van der Waals surface area (Å²) in [5.41, 5.74) is 0. The largest absolute Gasteiger partial charge is 0.477 e. The first-order valence-electron chi connectivity index (χ1n) is 5.01. The molecule has 15 heavy (non-hydrogen) atoms. The van der Waals surface area contributed by atoms with E-state index in [1.165, 1.54) is 12.8 Å². The number of hydrogen-bond acceptors (Lipinski definition) is 3. The van der Waals surface area contributed by atoms with E-state index in [0.29, 0.717) is 49.7 Å². The Morgan fingerprint density at radius 1 is 1.47 bits per heavy atom. The summed E-state index contributed by atoms with van der Waals surface area (Å²) in [4.78, 5) is 4.06. The van der Waals surface area contributed by atoms with Gasteiger partial charge in [0, 0.05) is 12.3 Å². The van der Waals surface area contributed by atoms with Gasteiger partial charge in [0.1, 0.15) is 0 Å². The fourth-order valence-corrected chi connectivity index (χ4v) is 0.920. The van der Waals surface area contributed by atoms with Crippen LogP contribution < -0.4 is 4.74 Å². The normalized spacial score (nSPS) is 13.3. The van der Waals surface area contributed by atoms with Crippen molar-refractivity contribution in [2.24, 2.45) is 5.92 Å². The summed E-state index contributed by atoms with van der Waals surface area (Å²) >= 11 is 0.660. The van der Waals surface area contributed by atoms with Gasteiger partial charge >= 0.3 is 54.8 Å². The quantitative estimate of drug-likeness (QED) is 0.760.